The molecule has 6 heteroatoms. The predicted octanol–water partition coefficient (Wildman–Crippen LogP) is 0.573. The fraction of sp³-hybridized carbons (Fsp3) is 0.385. The van der Waals surface area contributed by atoms with Crippen LogP contribution in [0, 0.1) is 0 Å². The third-order valence-corrected chi connectivity index (χ3v) is 2.77. The van der Waals surface area contributed by atoms with E-state index in [1.54, 1.807) is 12.1 Å². The van der Waals surface area contributed by atoms with Gasteiger partial charge in [0.1, 0.15) is 5.75 Å². The molecule has 0 aliphatic heterocycles. The van der Waals surface area contributed by atoms with E-state index in [0.29, 0.717) is 0 Å². The lowest BCUT2D eigenvalue weighted by Gasteiger charge is -2.21. The van der Waals surface area contributed by atoms with Crippen LogP contribution >= 0.6 is 0 Å². The summed E-state index contributed by atoms with van der Waals surface area (Å²) in [6.07, 6.45) is -1.80. The van der Waals surface area contributed by atoms with E-state index in [1.807, 2.05) is 0 Å². The van der Waals surface area contributed by atoms with Gasteiger partial charge in [-0.05, 0) is 6.07 Å². The summed E-state index contributed by atoms with van der Waals surface area (Å²) in [4.78, 5) is 22.8. The smallest absolute Gasteiger partial charge is 0.335 e. The number of carbonyl (C=O) groups excluding carboxylic acids is 2. The van der Waals surface area contributed by atoms with Gasteiger partial charge in [0.2, 0.25) is 0 Å². The molecular weight excluding hydrogens is 252 g/mol. The molecule has 0 radical (unpaired) electrons. The quantitative estimate of drug-likeness (QED) is 0.758. The van der Waals surface area contributed by atoms with Gasteiger partial charge in [0.25, 0.3) is 0 Å². The van der Waals surface area contributed by atoms with Gasteiger partial charge in [0.15, 0.2) is 6.10 Å². The van der Waals surface area contributed by atoms with Gasteiger partial charge in [-0.25, -0.2) is 4.79 Å². The molecule has 0 amide bonds. The van der Waals surface area contributed by atoms with Crippen LogP contribution in [0.25, 0.3) is 0 Å². The van der Waals surface area contributed by atoms with Crippen molar-refractivity contribution in [2.75, 3.05) is 14.2 Å². The van der Waals surface area contributed by atoms with Crippen molar-refractivity contribution < 1.29 is 29.3 Å². The fourth-order valence-corrected chi connectivity index (χ4v) is 1.74. The van der Waals surface area contributed by atoms with Gasteiger partial charge < -0.3 is 19.7 Å². The average molecular weight is 268 g/mol. The second-order valence-electron chi connectivity index (χ2n) is 3.91. The van der Waals surface area contributed by atoms with Crippen LogP contribution in [-0.4, -0.2) is 42.5 Å². The summed E-state index contributed by atoms with van der Waals surface area (Å²) in [5.74, 6) is -2.52. The van der Waals surface area contributed by atoms with E-state index in [-0.39, 0.29) is 17.7 Å². The number of aliphatic hydroxyl groups excluding tert-OH is 1. The minimum Gasteiger partial charge on any atom is -0.508 e. The minimum atomic E-state index is -1.56. The predicted molar refractivity (Wildman–Crippen MR) is 65.5 cm³/mol. The Hall–Kier alpha value is -2.08. The lowest BCUT2D eigenvalue weighted by atomic mass is 9.89. The van der Waals surface area contributed by atoms with Crippen LogP contribution in [-0.2, 0) is 19.1 Å². The van der Waals surface area contributed by atoms with E-state index in [4.69, 9.17) is 0 Å². The van der Waals surface area contributed by atoms with Crippen LogP contribution in [0.2, 0.25) is 0 Å². The third-order valence-electron chi connectivity index (χ3n) is 2.77. The van der Waals surface area contributed by atoms with Gasteiger partial charge in [0.05, 0.1) is 20.6 Å². The molecule has 0 aliphatic carbocycles. The maximum Gasteiger partial charge on any atom is 0.335 e. The molecule has 1 rings (SSSR count). The summed E-state index contributed by atoms with van der Waals surface area (Å²) in [6, 6.07) is 6.15. The Bertz CT molecular complexity index is 456. The van der Waals surface area contributed by atoms with E-state index in [1.165, 1.54) is 19.2 Å². The van der Waals surface area contributed by atoms with Crippen molar-refractivity contribution in [2.45, 2.75) is 18.4 Å². The van der Waals surface area contributed by atoms with Gasteiger partial charge >= 0.3 is 11.9 Å². The first-order chi connectivity index (χ1) is 9.01. The first kappa shape index (κ1) is 15.0. The Morgan fingerprint density at radius 3 is 2.37 bits per heavy atom. The molecule has 0 aliphatic rings. The van der Waals surface area contributed by atoms with Crippen LogP contribution < -0.4 is 0 Å². The van der Waals surface area contributed by atoms with Gasteiger partial charge in [0, 0.05) is 11.5 Å². The number of carbonyl (C=O) groups is 2. The molecule has 0 saturated carbocycles. The second-order valence-corrected chi connectivity index (χ2v) is 3.91. The number of rotatable bonds is 5. The molecule has 0 saturated heterocycles. The Morgan fingerprint density at radius 1 is 1.21 bits per heavy atom. The number of phenols is 1. The number of hydrogen-bond donors (Lipinski definition) is 2. The van der Waals surface area contributed by atoms with Crippen molar-refractivity contribution in [3.63, 3.8) is 0 Å². The molecule has 19 heavy (non-hydrogen) atoms. The van der Waals surface area contributed by atoms with Crippen LogP contribution in [0.3, 0.4) is 0 Å². The van der Waals surface area contributed by atoms with Crippen LogP contribution in [0.5, 0.6) is 5.75 Å². The minimum absolute atomic E-state index is 0.112. The highest BCUT2D eigenvalue weighted by Crippen LogP contribution is 2.31. The normalized spacial score (nSPS) is 13.4. The summed E-state index contributed by atoms with van der Waals surface area (Å²) >= 11 is 0. The second kappa shape index (κ2) is 6.75. The number of esters is 2. The van der Waals surface area contributed by atoms with Crippen molar-refractivity contribution in [1.29, 1.82) is 0 Å². The first-order valence-electron chi connectivity index (χ1n) is 5.61. The van der Waals surface area contributed by atoms with Crippen LogP contribution in [0.4, 0.5) is 0 Å². The zero-order chi connectivity index (χ0) is 14.4. The number of aromatic hydroxyl groups is 1. The molecular formula is C13H16O6. The molecule has 2 atom stereocenters. The molecule has 0 heterocycles. The Kier molecular flexibility index (Phi) is 5.32. The van der Waals surface area contributed by atoms with Gasteiger partial charge in [-0.15, -0.1) is 0 Å². The van der Waals surface area contributed by atoms with E-state index in [2.05, 4.69) is 9.47 Å². The number of hydrogen-bond acceptors (Lipinski definition) is 6. The molecule has 6 nitrogen and oxygen atoms in total. The average Bonchev–Trinajstić information content (AvgIpc) is 2.43. The van der Waals surface area contributed by atoms with E-state index in [0.717, 1.165) is 7.11 Å². The number of benzene rings is 1. The zero-order valence-electron chi connectivity index (χ0n) is 10.7. The molecule has 0 unspecified atom stereocenters. The standard InChI is InChI=1S/C13H16O6/c1-18-11(15)7-9(12(16)13(17)19-2)8-5-3-4-6-10(8)14/h3-6,9,12,14,16H,7H2,1-2H3/t9-,12-/m0/s1. The molecule has 1 aromatic rings. The van der Waals surface area contributed by atoms with Crippen molar-refractivity contribution in [1.82, 2.24) is 0 Å². The highest BCUT2D eigenvalue weighted by Gasteiger charge is 2.32. The molecule has 0 aromatic heterocycles. The molecule has 2 N–H and O–H groups in total. The topological polar surface area (TPSA) is 93.1 Å². The summed E-state index contributed by atoms with van der Waals surface area (Å²) in [5, 5.41) is 19.7. The summed E-state index contributed by atoms with van der Waals surface area (Å²) in [5.41, 5.74) is 0.283. The monoisotopic (exact) mass is 268 g/mol. The van der Waals surface area contributed by atoms with E-state index < -0.39 is 24.0 Å². The first-order valence-corrected chi connectivity index (χ1v) is 5.61. The number of aliphatic hydroxyl groups is 1. The molecule has 1 aromatic carbocycles. The summed E-state index contributed by atoms with van der Waals surface area (Å²) in [7, 11) is 2.33. The van der Waals surface area contributed by atoms with Gasteiger partial charge in [-0.2, -0.15) is 0 Å². The van der Waals surface area contributed by atoms with Gasteiger partial charge in [-0.1, -0.05) is 18.2 Å². The van der Waals surface area contributed by atoms with Crippen molar-refractivity contribution >= 4 is 11.9 Å². The Labute approximate surface area is 110 Å². The molecule has 0 spiro atoms. The fourth-order valence-electron chi connectivity index (χ4n) is 1.74. The van der Waals surface area contributed by atoms with Crippen LogP contribution in [0.1, 0.15) is 17.9 Å². The Balaban J connectivity index is 3.08. The zero-order valence-corrected chi connectivity index (χ0v) is 10.7. The number of ether oxygens (including phenoxy) is 2. The van der Waals surface area contributed by atoms with E-state index in [9.17, 15) is 19.8 Å². The SMILES string of the molecule is COC(=O)C[C@@H](c1ccccc1O)[C@H](O)C(=O)OC. The van der Waals surface area contributed by atoms with Crippen LogP contribution in [0.15, 0.2) is 24.3 Å². The van der Waals surface area contributed by atoms with E-state index >= 15 is 0 Å². The molecule has 104 valence electrons. The summed E-state index contributed by atoms with van der Waals surface area (Å²) in [6.45, 7) is 0. The third kappa shape index (κ3) is 3.69. The highest BCUT2D eigenvalue weighted by molar-refractivity contribution is 5.78. The maximum atomic E-state index is 11.4. The maximum absolute atomic E-state index is 11.4. The lowest BCUT2D eigenvalue weighted by Crippen LogP contribution is -2.31. The van der Waals surface area contributed by atoms with Gasteiger partial charge in [-0.3, -0.25) is 4.79 Å². The van der Waals surface area contributed by atoms with Crippen molar-refractivity contribution in [2.24, 2.45) is 0 Å². The number of para-hydroxylation sites is 1. The Morgan fingerprint density at radius 2 is 1.84 bits per heavy atom. The molecule has 0 bridgehead atoms. The highest BCUT2D eigenvalue weighted by atomic mass is 16.5. The van der Waals surface area contributed by atoms with Crippen molar-refractivity contribution in [3.8, 4) is 5.75 Å². The summed E-state index contributed by atoms with van der Waals surface area (Å²) < 4.78 is 8.97. The molecule has 0 fully saturated rings. The number of methoxy groups -OCH3 is 2. The number of phenolic OH excluding ortho intramolecular Hbond substituents is 1. The van der Waals surface area contributed by atoms with Crippen molar-refractivity contribution in [3.05, 3.63) is 29.8 Å². The largest absolute Gasteiger partial charge is 0.508 e. The lowest BCUT2D eigenvalue weighted by molar-refractivity contribution is -0.153.